The fourth-order valence-corrected chi connectivity index (χ4v) is 3.95. The number of amides is 1. The zero-order valence-electron chi connectivity index (χ0n) is 15.3. The minimum atomic E-state index is -3.82. The molecule has 0 spiro atoms. The van der Waals surface area contributed by atoms with Gasteiger partial charge in [-0.05, 0) is 60.5 Å². The minimum absolute atomic E-state index is 0.0164. The van der Waals surface area contributed by atoms with Gasteiger partial charge in [0.15, 0.2) is 0 Å². The number of anilines is 2. The number of carbonyl (C=O) groups excluding carboxylic acids is 1. The normalized spacial score (nSPS) is 11.4. The van der Waals surface area contributed by atoms with Crippen molar-refractivity contribution >= 4 is 49.6 Å². The Morgan fingerprint density at radius 2 is 1.76 bits per heavy atom. The minimum Gasteiger partial charge on any atom is -0.323 e. The van der Waals surface area contributed by atoms with Gasteiger partial charge in [-0.1, -0.05) is 28.1 Å². The van der Waals surface area contributed by atoms with E-state index in [0.29, 0.717) is 5.69 Å². The van der Waals surface area contributed by atoms with Crippen LogP contribution in [0.3, 0.4) is 0 Å². The average molecular weight is 473 g/mol. The molecule has 0 saturated heterocycles. The van der Waals surface area contributed by atoms with Gasteiger partial charge < -0.3 is 5.32 Å². The van der Waals surface area contributed by atoms with Gasteiger partial charge in [0.1, 0.15) is 0 Å². The van der Waals surface area contributed by atoms with Gasteiger partial charge in [-0.15, -0.1) is 0 Å². The molecule has 1 heterocycles. The van der Waals surface area contributed by atoms with Crippen LogP contribution in [0.5, 0.6) is 0 Å². The molecule has 2 N–H and O–H groups in total. The van der Waals surface area contributed by atoms with Gasteiger partial charge in [0, 0.05) is 28.6 Å². The van der Waals surface area contributed by atoms with Gasteiger partial charge in [0.05, 0.1) is 4.90 Å². The van der Waals surface area contributed by atoms with Crippen LogP contribution in [0.2, 0.25) is 0 Å². The van der Waals surface area contributed by atoms with Crippen LogP contribution in [0.1, 0.15) is 11.1 Å². The molecule has 7 nitrogen and oxygen atoms in total. The molecule has 0 aliphatic carbocycles. The second-order valence-corrected chi connectivity index (χ2v) is 8.59. The van der Waals surface area contributed by atoms with Crippen molar-refractivity contribution in [3.8, 4) is 0 Å². The summed E-state index contributed by atoms with van der Waals surface area (Å²) < 4.78 is 27.9. The first-order valence-corrected chi connectivity index (χ1v) is 10.8. The molecule has 0 aliphatic rings. The number of aromatic nitrogens is 2. The van der Waals surface area contributed by atoms with Crippen LogP contribution in [-0.4, -0.2) is 24.3 Å². The molecule has 0 aliphatic heterocycles. The molecular weight excluding hydrogens is 456 g/mol. The van der Waals surface area contributed by atoms with Crippen molar-refractivity contribution in [2.45, 2.75) is 11.8 Å². The smallest absolute Gasteiger partial charge is 0.264 e. The molecule has 3 rings (SSSR count). The Kier molecular flexibility index (Phi) is 6.40. The Bertz CT molecular complexity index is 1150. The van der Waals surface area contributed by atoms with Gasteiger partial charge in [-0.3, -0.25) is 4.79 Å². The summed E-state index contributed by atoms with van der Waals surface area (Å²) in [6.07, 6.45) is 5.98. The predicted molar refractivity (Wildman–Crippen MR) is 116 cm³/mol. The van der Waals surface area contributed by atoms with Gasteiger partial charge in [-0.25, -0.2) is 23.1 Å². The Morgan fingerprint density at radius 1 is 1.07 bits per heavy atom. The van der Waals surface area contributed by atoms with E-state index in [1.54, 1.807) is 12.1 Å². The number of carbonyl (C=O) groups is 1. The first kappa shape index (κ1) is 20.7. The van der Waals surface area contributed by atoms with E-state index in [4.69, 9.17) is 0 Å². The molecule has 1 amide bonds. The molecule has 0 fully saturated rings. The first-order valence-electron chi connectivity index (χ1n) is 8.49. The predicted octanol–water partition coefficient (Wildman–Crippen LogP) is 4.00. The summed E-state index contributed by atoms with van der Waals surface area (Å²) in [5.74, 6) is -0.346. The fraction of sp³-hybridized carbons (Fsp3) is 0.0500. The average Bonchev–Trinajstić information content (AvgIpc) is 2.68. The molecular formula is C20H17BrN4O3S. The van der Waals surface area contributed by atoms with Crippen LogP contribution < -0.4 is 10.0 Å². The summed E-state index contributed by atoms with van der Waals surface area (Å²) in [6.45, 7) is 1.98. The molecule has 0 saturated carbocycles. The molecule has 1 aromatic heterocycles. The molecule has 0 atom stereocenters. The van der Waals surface area contributed by atoms with Crippen molar-refractivity contribution < 1.29 is 13.2 Å². The lowest BCUT2D eigenvalue weighted by Gasteiger charge is -2.07. The molecule has 0 bridgehead atoms. The summed E-state index contributed by atoms with van der Waals surface area (Å²) in [5, 5.41) is 2.69. The second-order valence-electron chi connectivity index (χ2n) is 6.05. The van der Waals surface area contributed by atoms with Crippen LogP contribution in [-0.2, 0) is 14.8 Å². The highest BCUT2D eigenvalue weighted by Crippen LogP contribution is 2.20. The zero-order chi connectivity index (χ0) is 20.9. The second kappa shape index (κ2) is 8.97. The van der Waals surface area contributed by atoms with Crippen LogP contribution in [0.4, 0.5) is 11.6 Å². The maximum atomic E-state index is 12.4. The third kappa shape index (κ3) is 5.72. The largest absolute Gasteiger partial charge is 0.323 e. The lowest BCUT2D eigenvalue weighted by molar-refractivity contribution is -0.111. The molecule has 2 aromatic carbocycles. The molecule has 9 heteroatoms. The topological polar surface area (TPSA) is 101 Å². The number of sulfonamides is 1. The number of nitrogens with zero attached hydrogens (tertiary/aromatic N) is 2. The monoisotopic (exact) mass is 472 g/mol. The van der Waals surface area contributed by atoms with E-state index < -0.39 is 10.0 Å². The number of hydrogen-bond donors (Lipinski definition) is 2. The first-order chi connectivity index (χ1) is 13.8. The molecule has 29 heavy (non-hydrogen) atoms. The lowest BCUT2D eigenvalue weighted by atomic mass is 10.1. The van der Waals surface area contributed by atoms with E-state index in [9.17, 15) is 13.2 Å². The van der Waals surface area contributed by atoms with Crippen molar-refractivity contribution in [3.63, 3.8) is 0 Å². The highest BCUT2D eigenvalue weighted by Gasteiger charge is 2.15. The number of halogens is 1. The summed E-state index contributed by atoms with van der Waals surface area (Å²) in [6, 6.07) is 13.2. The van der Waals surface area contributed by atoms with Crippen molar-refractivity contribution in [1.29, 1.82) is 0 Å². The Morgan fingerprint density at radius 3 is 2.41 bits per heavy atom. The number of rotatable bonds is 6. The third-order valence-electron chi connectivity index (χ3n) is 3.79. The fourth-order valence-electron chi connectivity index (χ4n) is 2.37. The lowest BCUT2D eigenvalue weighted by Crippen LogP contribution is -2.15. The molecule has 3 aromatic rings. The number of hydrogen-bond acceptors (Lipinski definition) is 5. The summed E-state index contributed by atoms with van der Waals surface area (Å²) in [5.41, 5.74) is 2.46. The van der Waals surface area contributed by atoms with Crippen LogP contribution in [0, 0.1) is 6.92 Å². The van der Waals surface area contributed by atoms with Crippen molar-refractivity contribution in [1.82, 2.24) is 9.97 Å². The SMILES string of the molecule is Cc1ccc(/C=C/C(=O)Nc2ccc(S(=O)(=O)Nc3ncccn3)cc2)c(Br)c1. The Hall–Kier alpha value is -3.04. The molecule has 0 radical (unpaired) electrons. The molecule has 148 valence electrons. The third-order valence-corrected chi connectivity index (χ3v) is 5.82. The van der Waals surface area contributed by atoms with Crippen molar-refractivity contribution in [2.24, 2.45) is 0 Å². The van der Waals surface area contributed by atoms with Gasteiger partial charge >= 0.3 is 0 Å². The maximum absolute atomic E-state index is 12.4. The number of nitrogens with one attached hydrogen (secondary N) is 2. The van der Waals surface area contributed by atoms with Crippen LogP contribution in [0.15, 0.2) is 76.4 Å². The summed E-state index contributed by atoms with van der Waals surface area (Å²) >= 11 is 3.46. The van der Waals surface area contributed by atoms with Gasteiger partial charge in [0.25, 0.3) is 10.0 Å². The van der Waals surface area contributed by atoms with E-state index in [0.717, 1.165) is 15.6 Å². The van der Waals surface area contributed by atoms with E-state index in [-0.39, 0.29) is 16.8 Å². The van der Waals surface area contributed by atoms with Crippen LogP contribution in [0.25, 0.3) is 6.08 Å². The van der Waals surface area contributed by atoms with E-state index in [2.05, 4.69) is 35.9 Å². The van der Waals surface area contributed by atoms with Gasteiger partial charge in [-0.2, -0.15) is 0 Å². The van der Waals surface area contributed by atoms with Gasteiger partial charge in [0.2, 0.25) is 11.9 Å². The van der Waals surface area contributed by atoms with E-state index in [1.165, 1.54) is 42.7 Å². The Labute approximate surface area is 177 Å². The van der Waals surface area contributed by atoms with Crippen LogP contribution >= 0.6 is 15.9 Å². The maximum Gasteiger partial charge on any atom is 0.264 e. The van der Waals surface area contributed by atoms with E-state index in [1.807, 2.05) is 25.1 Å². The van der Waals surface area contributed by atoms with Crippen molar-refractivity contribution in [2.75, 3.05) is 10.0 Å². The number of aryl methyl sites for hydroxylation is 1. The standard InChI is InChI=1S/C20H17BrN4O3S/c1-14-3-4-15(18(21)13-14)5-10-19(26)24-16-6-8-17(9-7-16)29(27,28)25-20-22-11-2-12-23-20/h2-13H,1H3,(H,24,26)(H,22,23,25)/b10-5+. The number of benzene rings is 2. The summed E-state index contributed by atoms with van der Waals surface area (Å²) in [4.78, 5) is 19.8. The van der Waals surface area contributed by atoms with Crippen molar-refractivity contribution in [3.05, 3.63) is 82.6 Å². The zero-order valence-corrected chi connectivity index (χ0v) is 17.7. The summed E-state index contributed by atoms with van der Waals surface area (Å²) in [7, 11) is -3.82. The van der Waals surface area contributed by atoms with E-state index >= 15 is 0 Å². The highest BCUT2D eigenvalue weighted by molar-refractivity contribution is 9.10. The quantitative estimate of drug-likeness (QED) is 0.527. The highest BCUT2D eigenvalue weighted by atomic mass is 79.9. The Balaban J connectivity index is 1.65. The molecule has 0 unspecified atom stereocenters.